The molecule has 6 heteroatoms. The molecular formula is C13H21N3O3. The Kier molecular flexibility index (Phi) is 5.61. The van der Waals surface area contributed by atoms with Crippen molar-refractivity contribution in [3.05, 3.63) is 0 Å². The van der Waals surface area contributed by atoms with Gasteiger partial charge in [0.1, 0.15) is 6.04 Å². The molecule has 2 unspecified atom stereocenters. The van der Waals surface area contributed by atoms with Crippen molar-refractivity contribution in [2.24, 2.45) is 5.92 Å². The van der Waals surface area contributed by atoms with Crippen molar-refractivity contribution in [3.63, 3.8) is 0 Å². The molecule has 19 heavy (non-hydrogen) atoms. The summed E-state index contributed by atoms with van der Waals surface area (Å²) in [6.45, 7) is 2.53. The predicted octanol–water partition coefficient (Wildman–Crippen LogP) is 1.53. The van der Waals surface area contributed by atoms with E-state index in [-0.39, 0.29) is 11.9 Å². The number of carboxylic acid groups (broad SMARTS) is 1. The first-order chi connectivity index (χ1) is 8.97. The third-order valence-electron chi connectivity index (χ3n) is 3.38. The molecule has 0 aromatic rings. The highest BCUT2D eigenvalue weighted by molar-refractivity contribution is 5.82. The van der Waals surface area contributed by atoms with Crippen molar-refractivity contribution in [2.45, 2.75) is 38.6 Å². The second-order valence-electron chi connectivity index (χ2n) is 5.09. The minimum Gasteiger partial charge on any atom is -0.480 e. The minimum atomic E-state index is -0.947. The largest absolute Gasteiger partial charge is 0.480 e. The summed E-state index contributed by atoms with van der Waals surface area (Å²) in [5, 5.41) is 18.0. The first-order valence-corrected chi connectivity index (χ1v) is 6.61. The molecule has 0 radical (unpaired) electrons. The van der Waals surface area contributed by atoms with Gasteiger partial charge in [-0.1, -0.05) is 12.8 Å². The molecule has 0 saturated carbocycles. The van der Waals surface area contributed by atoms with Gasteiger partial charge in [-0.25, -0.2) is 9.59 Å². The van der Waals surface area contributed by atoms with Crippen LogP contribution in [0.3, 0.4) is 0 Å². The maximum Gasteiger partial charge on any atom is 0.326 e. The lowest BCUT2D eigenvalue weighted by molar-refractivity contribution is -0.142. The fourth-order valence-electron chi connectivity index (χ4n) is 2.34. The lowest BCUT2D eigenvalue weighted by Gasteiger charge is -2.31. The zero-order valence-electron chi connectivity index (χ0n) is 11.5. The number of hydrogen-bond acceptors (Lipinski definition) is 3. The van der Waals surface area contributed by atoms with Crippen LogP contribution in [0.1, 0.15) is 32.6 Å². The van der Waals surface area contributed by atoms with Gasteiger partial charge in [0.25, 0.3) is 0 Å². The van der Waals surface area contributed by atoms with E-state index in [2.05, 4.69) is 6.07 Å². The number of aliphatic carboxylic acids is 1. The van der Waals surface area contributed by atoms with Gasteiger partial charge in [-0.15, -0.1) is 0 Å². The fraction of sp³-hybridized carbons (Fsp3) is 0.769. The molecule has 6 nitrogen and oxygen atoms in total. The number of hydrogen-bond donors (Lipinski definition) is 1. The van der Waals surface area contributed by atoms with E-state index in [0.29, 0.717) is 19.5 Å². The molecule has 1 rings (SSSR count). The number of carbonyl (C=O) groups excluding carboxylic acids is 1. The Balaban J connectivity index is 2.75. The molecule has 1 aliphatic rings. The van der Waals surface area contributed by atoms with Gasteiger partial charge in [-0.2, -0.15) is 5.26 Å². The zero-order valence-corrected chi connectivity index (χ0v) is 11.5. The summed E-state index contributed by atoms with van der Waals surface area (Å²) in [5.41, 5.74) is 0. The molecule has 0 bridgehead atoms. The highest BCUT2D eigenvalue weighted by atomic mass is 16.4. The van der Waals surface area contributed by atoms with Crippen LogP contribution in [0.5, 0.6) is 0 Å². The van der Waals surface area contributed by atoms with Gasteiger partial charge in [-0.05, 0) is 19.8 Å². The monoisotopic (exact) mass is 267 g/mol. The van der Waals surface area contributed by atoms with Gasteiger partial charge >= 0.3 is 12.0 Å². The molecule has 2 atom stereocenters. The quantitative estimate of drug-likeness (QED) is 0.840. The molecule has 106 valence electrons. The molecular weight excluding hydrogens is 246 g/mol. The van der Waals surface area contributed by atoms with Crippen molar-refractivity contribution in [2.75, 3.05) is 20.1 Å². The van der Waals surface area contributed by atoms with Gasteiger partial charge in [0.05, 0.1) is 12.0 Å². The highest BCUT2D eigenvalue weighted by Gasteiger charge is 2.32. The smallest absolute Gasteiger partial charge is 0.326 e. The van der Waals surface area contributed by atoms with Crippen LogP contribution >= 0.6 is 0 Å². The lowest BCUT2D eigenvalue weighted by Crippen LogP contribution is -2.50. The Morgan fingerprint density at radius 2 is 2.16 bits per heavy atom. The van der Waals surface area contributed by atoms with Crippen LogP contribution in [0.4, 0.5) is 4.79 Å². The number of nitriles is 1. The second kappa shape index (κ2) is 6.98. The molecule has 1 aliphatic heterocycles. The van der Waals surface area contributed by atoms with Crippen LogP contribution in [0.15, 0.2) is 0 Å². The first-order valence-electron chi connectivity index (χ1n) is 6.61. The maximum atomic E-state index is 12.3. The summed E-state index contributed by atoms with van der Waals surface area (Å²) in [4.78, 5) is 26.4. The Labute approximate surface area is 113 Å². The van der Waals surface area contributed by atoms with Crippen molar-refractivity contribution in [1.82, 2.24) is 9.80 Å². The summed E-state index contributed by atoms with van der Waals surface area (Å²) >= 11 is 0. The van der Waals surface area contributed by atoms with E-state index in [1.54, 1.807) is 14.0 Å². The molecule has 2 amide bonds. The number of carbonyl (C=O) groups is 2. The Bertz CT molecular complexity index is 378. The van der Waals surface area contributed by atoms with Crippen LogP contribution in [-0.2, 0) is 4.79 Å². The van der Waals surface area contributed by atoms with Crippen molar-refractivity contribution >= 4 is 12.0 Å². The first kappa shape index (κ1) is 15.3. The third-order valence-corrected chi connectivity index (χ3v) is 3.38. The van der Waals surface area contributed by atoms with Crippen LogP contribution in [0.2, 0.25) is 0 Å². The SMILES string of the molecule is CC(C#N)CN(C)C(=O)N1CCCCCC1C(=O)O. The van der Waals surface area contributed by atoms with Gasteiger partial charge in [0.2, 0.25) is 0 Å². The molecule has 0 aromatic carbocycles. The highest BCUT2D eigenvalue weighted by Crippen LogP contribution is 2.18. The van der Waals surface area contributed by atoms with Crippen molar-refractivity contribution in [1.29, 1.82) is 5.26 Å². The average Bonchev–Trinajstić information content (AvgIpc) is 2.62. The van der Waals surface area contributed by atoms with Crippen molar-refractivity contribution < 1.29 is 14.7 Å². The molecule has 0 spiro atoms. The molecule has 1 heterocycles. The van der Waals surface area contributed by atoms with E-state index in [4.69, 9.17) is 5.26 Å². The number of amides is 2. The lowest BCUT2D eigenvalue weighted by atomic mass is 10.1. The number of urea groups is 1. The van der Waals surface area contributed by atoms with Gasteiger partial charge in [-0.3, -0.25) is 0 Å². The van der Waals surface area contributed by atoms with Crippen LogP contribution < -0.4 is 0 Å². The van der Waals surface area contributed by atoms with E-state index < -0.39 is 12.0 Å². The molecule has 1 saturated heterocycles. The summed E-state index contributed by atoms with van der Waals surface area (Å²) in [5.74, 6) is -1.21. The topological polar surface area (TPSA) is 84.6 Å². The Hall–Kier alpha value is -1.77. The van der Waals surface area contributed by atoms with E-state index in [0.717, 1.165) is 19.3 Å². The van der Waals surface area contributed by atoms with Gasteiger partial charge < -0.3 is 14.9 Å². The van der Waals surface area contributed by atoms with Crippen LogP contribution in [0, 0.1) is 17.2 Å². The Morgan fingerprint density at radius 1 is 1.47 bits per heavy atom. The molecule has 0 aliphatic carbocycles. The molecule has 1 fully saturated rings. The van der Waals surface area contributed by atoms with Gasteiger partial charge in [0, 0.05) is 20.1 Å². The van der Waals surface area contributed by atoms with E-state index in [1.807, 2.05) is 0 Å². The van der Waals surface area contributed by atoms with Crippen LogP contribution in [-0.4, -0.2) is 53.1 Å². The summed E-state index contributed by atoms with van der Waals surface area (Å²) in [7, 11) is 1.61. The molecule has 1 N–H and O–H groups in total. The fourth-order valence-corrected chi connectivity index (χ4v) is 2.34. The Morgan fingerprint density at radius 3 is 2.74 bits per heavy atom. The van der Waals surface area contributed by atoms with Crippen molar-refractivity contribution in [3.8, 4) is 6.07 Å². The second-order valence-corrected chi connectivity index (χ2v) is 5.09. The normalized spacial score (nSPS) is 21.1. The summed E-state index contributed by atoms with van der Waals surface area (Å²) < 4.78 is 0. The number of nitrogens with zero attached hydrogens (tertiary/aromatic N) is 3. The van der Waals surface area contributed by atoms with E-state index in [1.165, 1.54) is 9.80 Å². The zero-order chi connectivity index (χ0) is 14.4. The summed E-state index contributed by atoms with van der Waals surface area (Å²) in [6, 6.07) is 1.04. The van der Waals surface area contributed by atoms with E-state index in [9.17, 15) is 14.7 Å². The summed E-state index contributed by atoms with van der Waals surface area (Å²) in [6.07, 6.45) is 3.12. The van der Waals surface area contributed by atoms with Gasteiger partial charge in [0.15, 0.2) is 0 Å². The predicted molar refractivity (Wildman–Crippen MR) is 69.4 cm³/mol. The maximum absolute atomic E-state index is 12.3. The number of likely N-dealkylation sites (tertiary alicyclic amines) is 1. The molecule has 0 aromatic heterocycles. The number of carboxylic acids is 1. The van der Waals surface area contributed by atoms with Crippen LogP contribution in [0.25, 0.3) is 0 Å². The minimum absolute atomic E-state index is 0.260. The number of rotatable bonds is 3. The average molecular weight is 267 g/mol. The standard InChI is InChI=1S/C13H21N3O3/c1-10(8-14)9-15(2)13(19)16-7-5-3-4-6-11(16)12(17)18/h10-11H,3-7,9H2,1-2H3,(H,17,18). The van der Waals surface area contributed by atoms with E-state index >= 15 is 0 Å². The third kappa shape index (κ3) is 4.12.